The first kappa shape index (κ1) is 17.7. The molecule has 2 nitrogen and oxygen atoms in total. The number of nitrogens with zero attached hydrogens (tertiary/aromatic N) is 1. The summed E-state index contributed by atoms with van der Waals surface area (Å²) in [6, 6.07) is 16.1. The van der Waals surface area contributed by atoms with E-state index in [1.807, 2.05) is 37.4 Å². The monoisotopic (exact) mass is 399 g/mol. The van der Waals surface area contributed by atoms with Gasteiger partial charge in [-0.1, -0.05) is 42.8 Å². The summed E-state index contributed by atoms with van der Waals surface area (Å²) < 4.78 is 0. The Balaban J connectivity index is 1.70. The zero-order chi connectivity index (χ0) is 18.3. The van der Waals surface area contributed by atoms with Gasteiger partial charge in [0.1, 0.15) is 0 Å². The van der Waals surface area contributed by atoms with Crippen LogP contribution in [0.5, 0.6) is 0 Å². The molecule has 0 bridgehead atoms. The van der Waals surface area contributed by atoms with Crippen molar-refractivity contribution in [1.29, 1.82) is 0 Å². The summed E-state index contributed by atoms with van der Waals surface area (Å²) in [4.78, 5) is 18.0. The van der Waals surface area contributed by atoms with Gasteiger partial charge in [-0.25, -0.2) is 0 Å². The number of rotatable bonds is 3. The third kappa shape index (κ3) is 3.07. The second-order valence-electron chi connectivity index (χ2n) is 6.24. The van der Waals surface area contributed by atoms with Gasteiger partial charge in [0.2, 0.25) is 0 Å². The molecule has 3 aromatic rings. The first-order valence-corrected chi connectivity index (χ1v) is 10.7. The normalized spacial score (nSPS) is 12.4. The molecule has 1 aromatic heterocycles. The Hall–Kier alpha value is -1.75. The fourth-order valence-electron chi connectivity index (χ4n) is 3.24. The maximum Gasteiger partial charge on any atom is 0.268 e. The largest absolute Gasteiger partial charge is 0.310 e. The second-order valence-corrected chi connectivity index (χ2v) is 8.75. The molecule has 2 heterocycles. The molecule has 1 amide bonds. The van der Waals surface area contributed by atoms with Crippen LogP contribution < -0.4 is 4.90 Å². The van der Waals surface area contributed by atoms with Crippen LogP contribution in [0, 0.1) is 0 Å². The van der Waals surface area contributed by atoms with Crippen LogP contribution in [0.25, 0.3) is 10.4 Å². The van der Waals surface area contributed by atoms with Crippen molar-refractivity contribution in [2.75, 3.05) is 11.9 Å². The number of hydrogen-bond acceptors (Lipinski definition) is 3. The van der Waals surface area contributed by atoms with Crippen molar-refractivity contribution in [2.24, 2.45) is 0 Å². The second kappa shape index (κ2) is 7.10. The Morgan fingerprint density at radius 2 is 2.00 bits per heavy atom. The van der Waals surface area contributed by atoms with E-state index in [-0.39, 0.29) is 5.91 Å². The van der Waals surface area contributed by atoms with E-state index in [9.17, 15) is 4.79 Å². The van der Waals surface area contributed by atoms with Crippen molar-refractivity contribution in [3.8, 4) is 10.4 Å². The highest BCUT2D eigenvalue weighted by molar-refractivity contribution is 7.98. The maximum atomic E-state index is 13.1. The van der Waals surface area contributed by atoms with Crippen LogP contribution >= 0.6 is 34.7 Å². The molecule has 0 fully saturated rings. The van der Waals surface area contributed by atoms with Gasteiger partial charge < -0.3 is 4.90 Å². The molecule has 4 rings (SSSR count). The molecule has 1 aliphatic heterocycles. The van der Waals surface area contributed by atoms with Gasteiger partial charge in [0.05, 0.1) is 4.88 Å². The third-order valence-electron chi connectivity index (χ3n) is 4.63. The van der Waals surface area contributed by atoms with Crippen LogP contribution in [0.2, 0.25) is 5.02 Å². The number of amides is 1. The number of hydrogen-bond donors (Lipinski definition) is 0. The minimum atomic E-state index is 0.0470. The molecule has 0 N–H and O–H groups in total. The lowest BCUT2D eigenvalue weighted by molar-refractivity contribution is 0.0996. The standard InChI is InChI=1S/C21H18ClNOS2/c1-3-13-6-4-5-7-17(13)23(2)21(24)19-10-14-12-25-18-11-15(22)8-9-16(18)20(14)26-19/h4-11H,3,12H2,1-2H3. The van der Waals surface area contributed by atoms with Gasteiger partial charge in [-0.3, -0.25) is 4.79 Å². The first-order chi connectivity index (χ1) is 12.6. The minimum Gasteiger partial charge on any atom is -0.310 e. The predicted octanol–water partition coefficient (Wildman–Crippen LogP) is 6.51. The average molecular weight is 400 g/mol. The number of aryl methyl sites for hydroxylation is 1. The zero-order valence-corrected chi connectivity index (χ0v) is 17.0. The van der Waals surface area contributed by atoms with E-state index in [2.05, 4.69) is 25.1 Å². The zero-order valence-electron chi connectivity index (χ0n) is 14.6. The Morgan fingerprint density at radius 3 is 2.81 bits per heavy atom. The van der Waals surface area contributed by atoms with Gasteiger partial charge in [0.25, 0.3) is 5.91 Å². The predicted molar refractivity (Wildman–Crippen MR) is 113 cm³/mol. The van der Waals surface area contributed by atoms with Gasteiger partial charge in [-0.2, -0.15) is 0 Å². The van der Waals surface area contributed by atoms with Crippen LogP contribution in [-0.2, 0) is 12.2 Å². The molecular formula is C21H18ClNOS2. The number of carbonyl (C=O) groups is 1. The van der Waals surface area contributed by atoms with E-state index in [0.717, 1.165) is 27.8 Å². The molecule has 0 saturated heterocycles. The summed E-state index contributed by atoms with van der Waals surface area (Å²) in [5, 5.41) is 0.753. The number of para-hydroxylation sites is 1. The summed E-state index contributed by atoms with van der Waals surface area (Å²) >= 11 is 9.49. The fraction of sp³-hybridized carbons (Fsp3) is 0.190. The van der Waals surface area contributed by atoms with Crippen LogP contribution in [0.15, 0.2) is 53.4 Å². The Kier molecular flexibility index (Phi) is 4.82. The van der Waals surface area contributed by atoms with Gasteiger partial charge in [0.15, 0.2) is 0 Å². The molecule has 0 atom stereocenters. The van der Waals surface area contributed by atoms with E-state index in [0.29, 0.717) is 0 Å². The summed E-state index contributed by atoms with van der Waals surface area (Å²) in [6.07, 6.45) is 0.902. The highest BCUT2D eigenvalue weighted by atomic mass is 35.5. The molecule has 0 spiro atoms. The molecule has 0 saturated carbocycles. The lowest BCUT2D eigenvalue weighted by Gasteiger charge is -2.19. The van der Waals surface area contributed by atoms with Crippen LogP contribution in [0.3, 0.4) is 0 Å². The number of thiophene rings is 1. The quantitative estimate of drug-likeness (QED) is 0.500. The molecule has 0 unspecified atom stereocenters. The Bertz CT molecular complexity index is 995. The van der Waals surface area contributed by atoms with Gasteiger partial charge in [-0.05, 0) is 41.8 Å². The first-order valence-electron chi connectivity index (χ1n) is 8.50. The van der Waals surface area contributed by atoms with E-state index < -0.39 is 0 Å². The molecule has 1 aliphatic rings. The van der Waals surface area contributed by atoms with Crippen molar-refractivity contribution in [2.45, 2.75) is 24.0 Å². The SMILES string of the molecule is CCc1ccccc1N(C)C(=O)c1cc2c(s1)-c1ccc(Cl)cc1SC2. The summed E-state index contributed by atoms with van der Waals surface area (Å²) in [5.74, 6) is 0.924. The Morgan fingerprint density at radius 1 is 1.19 bits per heavy atom. The molecule has 5 heteroatoms. The van der Waals surface area contributed by atoms with Crippen LogP contribution in [-0.4, -0.2) is 13.0 Å². The van der Waals surface area contributed by atoms with Crippen molar-refractivity contribution < 1.29 is 4.79 Å². The van der Waals surface area contributed by atoms with Crippen molar-refractivity contribution >= 4 is 46.3 Å². The van der Waals surface area contributed by atoms with Gasteiger partial charge >= 0.3 is 0 Å². The smallest absolute Gasteiger partial charge is 0.268 e. The number of benzene rings is 2. The van der Waals surface area contributed by atoms with E-state index in [1.54, 1.807) is 28.0 Å². The summed E-state index contributed by atoms with van der Waals surface area (Å²) in [5.41, 5.74) is 4.57. The lowest BCUT2D eigenvalue weighted by atomic mass is 10.1. The van der Waals surface area contributed by atoms with Crippen LogP contribution in [0.4, 0.5) is 5.69 Å². The van der Waals surface area contributed by atoms with Crippen molar-refractivity contribution in [3.63, 3.8) is 0 Å². The van der Waals surface area contributed by atoms with Crippen LogP contribution in [0.1, 0.15) is 27.7 Å². The van der Waals surface area contributed by atoms with Gasteiger partial charge in [0, 0.05) is 38.8 Å². The number of anilines is 1. The number of fused-ring (bicyclic) bond motifs is 3. The number of thioether (sulfide) groups is 1. The minimum absolute atomic E-state index is 0.0470. The van der Waals surface area contributed by atoms with Crippen molar-refractivity contribution in [3.05, 3.63) is 69.6 Å². The third-order valence-corrected chi connectivity index (χ3v) is 7.17. The average Bonchev–Trinajstić information content (AvgIpc) is 3.11. The highest BCUT2D eigenvalue weighted by Crippen LogP contribution is 2.46. The topological polar surface area (TPSA) is 20.3 Å². The molecular weight excluding hydrogens is 382 g/mol. The molecule has 2 aromatic carbocycles. The summed E-state index contributed by atoms with van der Waals surface area (Å²) in [7, 11) is 1.86. The van der Waals surface area contributed by atoms with E-state index >= 15 is 0 Å². The number of carbonyl (C=O) groups excluding carboxylic acids is 1. The Labute approximate surface area is 166 Å². The molecule has 0 aliphatic carbocycles. The lowest BCUT2D eigenvalue weighted by Crippen LogP contribution is -2.26. The van der Waals surface area contributed by atoms with Crippen molar-refractivity contribution in [1.82, 2.24) is 0 Å². The van der Waals surface area contributed by atoms with Gasteiger partial charge in [-0.15, -0.1) is 23.1 Å². The highest BCUT2D eigenvalue weighted by Gasteiger charge is 2.24. The molecule has 132 valence electrons. The van der Waals surface area contributed by atoms with E-state index in [4.69, 9.17) is 11.6 Å². The number of halogens is 1. The molecule has 0 radical (unpaired) electrons. The van der Waals surface area contributed by atoms with E-state index in [1.165, 1.54) is 26.5 Å². The molecule has 26 heavy (non-hydrogen) atoms. The maximum absolute atomic E-state index is 13.1. The summed E-state index contributed by atoms with van der Waals surface area (Å²) in [6.45, 7) is 2.11. The fourth-order valence-corrected chi connectivity index (χ4v) is 5.90.